The van der Waals surface area contributed by atoms with E-state index in [1.54, 1.807) is 19.5 Å². The summed E-state index contributed by atoms with van der Waals surface area (Å²) in [5.41, 5.74) is 3.80. The highest BCUT2D eigenvalue weighted by Gasteiger charge is 2.16. The van der Waals surface area contributed by atoms with Gasteiger partial charge in [-0.15, -0.1) is 0 Å². The fourth-order valence-electron chi connectivity index (χ4n) is 3.35. The standard InChI is InChI=1S/C22H24N8O/c1-5-13(2)26-21-19-15(11-23)12-24-20(19)28-22(29-21)27-16-7-6-14(10-18(16)31-4)17-8-9-25-30(17)3/h6-10,12-13H,5H2,1-4H3,(H3,24,26,27,28,29)/t13-/m0/s1. The van der Waals surface area contributed by atoms with E-state index in [1.807, 2.05) is 36.0 Å². The average Bonchev–Trinajstić information content (AvgIpc) is 3.39. The molecule has 0 fully saturated rings. The third-order valence-corrected chi connectivity index (χ3v) is 5.21. The van der Waals surface area contributed by atoms with Crippen LogP contribution in [0.3, 0.4) is 0 Å². The van der Waals surface area contributed by atoms with Crippen molar-refractivity contribution in [3.05, 3.63) is 42.2 Å². The number of fused-ring (bicyclic) bond motifs is 1. The van der Waals surface area contributed by atoms with Crippen LogP contribution in [0.2, 0.25) is 0 Å². The van der Waals surface area contributed by atoms with E-state index in [4.69, 9.17) is 4.74 Å². The lowest BCUT2D eigenvalue weighted by Gasteiger charge is -2.16. The molecule has 9 heteroatoms. The van der Waals surface area contributed by atoms with Gasteiger partial charge in [-0.05, 0) is 31.5 Å². The Labute approximate surface area is 180 Å². The number of benzene rings is 1. The number of H-pyrrole nitrogens is 1. The van der Waals surface area contributed by atoms with E-state index >= 15 is 0 Å². The van der Waals surface area contributed by atoms with Crippen LogP contribution < -0.4 is 15.4 Å². The van der Waals surface area contributed by atoms with Gasteiger partial charge < -0.3 is 20.4 Å². The van der Waals surface area contributed by atoms with E-state index in [2.05, 4.69) is 50.6 Å². The number of methoxy groups -OCH3 is 1. The van der Waals surface area contributed by atoms with E-state index in [-0.39, 0.29) is 6.04 Å². The molecule has 0 aliphatic rings. The zero-order valence-electron chi connectivity index (χ0n) is 17.9. The van der Waals surface area contributed by atoms with Crippen LogP contribution in [0.25, 0.3) is 22.3 Å². The summed E-state index contributed by atoms with van der Waals surface area (Å²) in [5.74, 6) is 1.67. The minimum Gasteiger partial charge on any atom is -0.495 e. The molecule has 0 saturated carbocycles. The van der Waals surface area contributed by atoms with E-state index < -0.39 is 0 Å². The normalized spacial score (nSPS) is 11.8. The van der Waals surface area contributed by atoms with Crippen molar-refractivity contribution in [3.8, 4) is 23.1 Å². The first kappa shape index (κ1) is 20.2. The first-order chi connectivity index (χ1) is 15.0. The van der Waals surface area contributed by atoms with Crippen LogP contribution in [0.4, 0.5) is 17.5 Å². The Bertz CT molecular complexity index is 1270. The maximum absolute atomic E-state index is 9.45. The maximum Gasteiger partial charge on any atom is 0.231 e. The topological polar surface area (TPSA) is 116 Å². The number of nitrogens with zero attached hydrogens (tertiary/aromatic N) is 5. The molecule has 4 rings (SSSR count). The molecule has 0 aliphatic carbocycles. The molecule has 0 amide bonds. The Kier molecular flexibility index (Phi) is 5.45. The molecule has 1 aromatic carbocycles. The van der Waals surface area contributed by atoms with Gasteiger partial charge in [0.2, 0.25) is 5.95 Å². The molecule has 31 heavy (non-hydrogen) atoms. The second kappa shape index (κ2) is 8.36. The van der Waals surface area contributed by atoms with Gasteiger partial charge in [0.15, 0.2) is 0 Å². The van der Waals surface area contributed by atoms with Crippen LogP contribution in [0.1, 0.15) is 25.8 Å². The van der Waals surface area contributed by atoms with Crippen LogP contribution in [0, 0.1) is 11.3 Å². The Morgan fingerprint density at radius 1 is 1.29 bits per heavy atom. The van der Waals surface area contributed by atoms with Crippen molar-refractivity contribution in [1.29, 1.82) is 5.26 Å². The minimum absolute atomic E-state index is 0.195. The van der Waals surface area contributed by atoms with Crippen molar-refractivity contribution < 1.29 is 4.74 Å². The number of aromatic amines is 1. The first-order valence-electron chi connectivity index (χ1n) is 10.0. The third kappa shape index (κ3) is 3.88. The number of aromatic nitrogens is 5. The van der Waals surface area contributed by atoms with Gasteiger partial charge in [0.05, 0.1) is 29.4 Å². The number of aryl methyl sites for hydroxylation is 1. The van der Waals surface area contributed by atoms with Gasteiger partial charge in [-0.1, -0.05) is 13.0 Å². The summed E-state index contributed by atoms with van der Waals surface area (Å²) >= 11 is 0. The van der Waals surface area contributed by atoms with Crippen molar-refractivity contribution >= 4 is 28.5 Å². The SMILES string of the molecule is CC[C@H](C)Nc1nc(Nc2ccc(-c3ccnn3C)cc2OC)nc2[nH]cc(C#N)c12. The predicted molar refractivity (Wildman–Crippen MR) is 120 cm³/mol. The number of hydrogen-bond donors (Lipinski definition) is 3. The molecule has 3 heterocycles. The van der Waals surface area contributed by atoms with E-state index in [1.165, 1.54) is 0 Å². The first-order valence-corrected chi connectivity index (χ1v) is 10.0. The molecule has 9 nitrogen and oxygen atoms in total. The molecule has 0 aliphatic heterocycles. The summed E-state index contributed by atoms with van der Waals surface area (Å²) < 4.78 is 7.41. The summed E-state index contributed by atoms with van der Waals surface area (Å²) in [5, 5.41) is 21.0. The molecule has 3 N–H and O–H groups in total. The van der Waals surface area contributed by atoms with Crippen LogP contribution in [-0.4, -0.2) is 37.9 Å². The van der Waals surface area contributed by atoms with Gasteiger partial charge >= 0.3 is 0 Å². The van der Waals surface area contributed by atoms with E-state index in [0.717, 1.165) is 23.4 Å². The van der Waals surface area contributed by atoms with Crippen molar-refractivity contribution in [2.45, 2.75) is 26.3 Å². The van der Waals surface area contributed by atoms with Gasteiger partial charge in [0.1, 0.15) is 23.3 Å². The Balaban J connectivity index is 1.73. The Hall–Kier alpha value is -4.06. The lowest BCUT2D eigenvalue weighted by atomic mass is 10.1. The number of nitrogens with one attached hydrogen (secondary N) is 3. The van der Waals surface area contributed by atoms with Crippen molar-refractivity contribution in [2.75, 3.05) is 17.7 Å². The van der Waals surface area contributed by atoms with Crippen molar-refractivity contribution in [3.63, 3.8) is 0 Å². The molecule has 4 aromatic rings. The molecular weight excluding hydrogens is 392 g/mol. The molecule has 0 saturated heterocycles. The van der Waals surface area contributed by atoms with Crippen LogP contribution in [0.5, 0.6) is 5.75 Å². The summed E-state index contributed by atoms with van der Waals surface area (Å²) in [7, 11) is 3.52. The second-order valence-electron chi connectivity index (χ2n) is 7.27. The average molecular weight is 416 g/mol. The summed E-state index contributed by atoms with van der Waals surface area (Å²) in [6.07, 6.45) is 4.33. The molecule has 0 spiro atoms. The lowest BCUT2D eigenvalue weighted by molar-refractivity contribution is 0.417. The van der Waals surface area contributed by atoms with Crippen LogP contribution >= 0.6 is 0 Å². The number of hydrogen-bond acceptors (Lipinski definition) is 7. The zero-order valence-corrected chi connectivity index (χ0v) is 17.9. The van der Waals surface area contributed by atoms with Crippen LogP contribution in [0.15, 0.2) is 36.7 Å². The minimum atomic E-state index is 0.195. The number of rotatable bonds is 7. The zero-order chi connectivity index (χ0) is 22.0. The van der Waals surface area contributed by atoms with Gasteiger partial charge in [0, 0.05) is 31.0 Å². The lowest BCUT2D eigenvalue weighted by Crippen LogP contribution is -2.15. The third-order valence-electron chi connectivity index (χ3n) is 5.21. The quantitative estimate of drug-likeness (QED) is 0.413. The molecule has 158 valence electrons. The molecule has 1 atom stereocenters. The molecule has 0 bridgehead atoms. The summed E-state index contributed by atoms with van der Waals surface area (Å²) in [6, 6.07) is 10.2. The van der Waals surface area contributed by atoms with Crippen molar-refractivity contribution in [1.82, 2.24) is 24.7 Å². The highest BCUT2D eigenvalue weighted by molar-refractivity contribution is 5.93. The smallest absolute Gasteiger partial charge is 0.231 e. The predicted octanol–water partition coefficient (Wildman–Crippen LogP) is 4.19. The van der Waals surface area contributed by atoms with Gasteiger partial charge in [-0.25, -0.2) is 0 Å². The van der Waals surface area contributed by atoms with E-state index in [0.29, 0.717) is 34.1 Å². The Morgan fingerprint density at radius 3 is 2.81 bits per heavy atom. The van der Waals surface area contributed by atoms with E-state index in [9.17, 15) is 5.26 Å². The largest absolute Gasteiger partial charge is 0.495 e. The molecule has 0 radical (unpaired) electrons. The number of anilines is 3. The summed E-state index contributed by atoms with van der Waals surface area (Å²) in [6.45, 7) is 4.16. The fraction of sp³-hybridized carbons (Fsp3) is 0.273. The van der Waals surface area contributed by atoms with Gasteiger partial charge in [0.25, 0.3) is 0 Å². The molecule has 3 aromatic heterocycles. The fourth-order valence-corrected chi connectivity index (χ4v) is 3.35. The molecule has 0 unspecified atom stereocenters. The van der Waals surface area contributed by atoms with Gasteiger partial charge in [-0.3, -0.25) is 4.68 Å². The molecular formula is C22H24N8O. The number of nitriles is 1. The number of ether oxygens (including phenoxy) is 1. The Morgan fingerprint density at radius 2 is 2.13 bits per heavy atom. The van der Waals surface area contributed by atoms with Crippen molar-refractivity contribution in [2.24, 2.45) is 7.05 Å². The second-order valence-corrected chi connectivity index (χ2v) is 7.27. The van der Waals surface area contributed by atoms with Gasteiger partial charge in [-0.2, -0.15) is 20.3 Å². The highest BCUT2D eigenvalue weighted by Crippen LogP contribution is 2.33. The van der Waals surface area contributed by atoms with Crippen LogP contribution in [-0.2, 0) is 7.05 Å². The summed E-state index contributed by atoms with van der Waals surface area (Å²) in [4.78, 5) is 12.3. The monoisotopic (exact) mass is 416 g/mol. The highest BCUT2D eigenvalue weighted by atomic mass is 16.5. The maximum atomic E-state index is 9.45.